The number of fused-ring (bicyclic) bond motifs is 7. The van der Waals surface area contributed by atoms with Gasteiger partial charge in [0, 0.05) is 12.0 Å². The summed E-state index contributed by atoms with van der Waals surface area (Å²) < 4.78 is 24.3. The molecule has 2 saturated heterocycles. The summed E-state index contributed by atoms with van der Waals surface area (Å²) in [7, 11) is 0. The number of aliphatic hydroxyl groups is 7. The quantitative estimate of drug-likeness (QED) is 0.138. The molecule has 0 aromatic rings. The summed E-state index contributed by atoms with van der Waals surface area (Å²) in [5.41, 5.74) is -1.07. The lowest BCUT2D eigenvalue weighted by Gasteiger charge is -2.71. The van der Waals surface area contributed by atoms with E-state index in [-0.39, 0.29) is 59.2 Å². The Balaban J connectivity index is 1.15. The van der Waals surface area contributed by atoms with Crippen molar-refractivity contribution in [3.63, 3.8) is 0 Å². The van der Waals surface area contributed by atoms with Gasteiger partial charge in [-0.2, -0.15) is 0 Å². The van der Waals surface area contributed by atoms with Crippen molar-refractivity contribution in [3.8, 4) is 0 Å². The Bertz CT molecular complexity index is 1460. The molecule has 13 heteroatoms. The molecular formula is C41H66O13. The van der Waals surface area contributed by atoms with Crippen LogP contribution in [-0.2, 0) is 23.7 Å². The van der Waals surface area contributed by atoms with E-state index in [1.807, 2.05) is 0 Å². The third-order valence-electron chi connectivity index (χ3n) is 17.2. The zero-order valence-corrected chi connectivity index (χ0v) is 32.9. The van der Waals surface area contributed by atoms with Crippen LogP contribution >= 0.6 is 0 Å². The standard InChI is InChI=1S/C41H66O13/c1-21-28(45)30(47)31(48)33(52-21)54-32-29(46)24(44)18-51-34(32)53-27-10-11-37(3)25(38(27,4)20-43)9-12-40(6)26(37)8-7-22-23-17-36(2,19-42)13-15-41(23,35(49)50)16-14-39(22,40)5/h7,21,23-34,42-48H,8-20H2,1-6H3,(H,49,50)/t21-,23-,24-,25+,26+,27-,28-,29-,30+,31+,32+,33-,34-,36+,37-,38-,39+,40+,41-/m0/s1. The average molecular weight is 767 g/mol. The van der Waals surface area contributed by atoms with E-state index in [9.17, 15) is 45.6 Å². The van der Waals surface area contributed by atoms with Crippen LogP contribution in [-0.4, -0.2) is 128 Å². The number of carboxylic acids is 1. The normalized spacial score (nSPS) is 56.1. The summed E-state index contributed by atoms with van der Waals surface area (Å²) in [6.07, 6.45) is -2.94. The summed E-state index contributed by atoms with van der Waals surface area (Å²) in [5.74, 6) is -0.507. The number of aliphatic hydroxyl groups excluding tert-OH is 7. The topological polar surface area (TPSA) is 216 Å². The first-order valence-electron chi connectivity index (χ1n) is 20.4. The van der Waals surface area contributed by atoms with Crippen molar-refractivity contribution in [1.29, 1.82) is 0 Å². The highest BCUT2D eigenvalue weighted by atomic mass is 16.8. The maximum atomic E-state index is 13.1. The van der Waals surface area contributed by atoms with Crippen LogP contribution in [0.1, 0.15) is 106 Å². The second-order valence-corrected chi connectivity index (χ2v) is 19.9. The number of rotatable bonds is 7. The van der Waals surface area contributed by atoms with Crippen molar-refractivity contribution in [2.75, 3.05) is 19.8 Å². The maximum absolute atomic E-state index is 13.1. The number of aliphatic carboxylic acids is 1. The molecule has 0 aromatic carbocycles. The molecule has 0 radical (unpaired) electrons. The van der Waals surface area contributed by atoms with Crippen molar-refractivity contribution < 1.29 is 64.6 Å². The monoisotopic (exact) mass is 766 g/mol. The summed E-state index contributed by atoms with van der Waals surface area (Å²) in [4.78, 5) is 13.1. The van der Waals surface area contributed by atoms with Crippen LogP contribution in [0.3, 0.4) is 0 Å². The molecular weight excluding hydrogens is 700 g/mol. The highest BCUT2D eigenvalue weighted by Crippen LogP contribution is 2.76. The minimum absolute atomic E-state index is 0.0485. The summed E-state index contributed by atoms with van der Waals surface area (Å²) in [5, 5.41) is 85.3. The highest BCUT2D eigenvalue weighted by molar-refractivity contribution is 5.76. The highest BCUT2D eigenvalue weighted by Gasteiger charge is 2.70. The number of hydrogen-bond acceptors (Lipinski definition) is 12. The summed E-state index contributed by atoms with van der Waals surface area (Å²) >= 11 is 0. The van der Waals surface area contributed by atoms with Gasteiger partial charge >= 0.3 is 5.97 Å². The van der Waals surface area contributed by atoms with Crippen molar-refractivity contribution in [2.24, 2.45) is 50.2 Å². The predicted molar refractivity (Wildman–Crippen MR) is 193 cm³/mol. The molecule has 308 valence electrons. The lowest BCUT2D eigenvalue weighted by Crippen LogP contribution is -2.67. The van der Waals surface area contributed by atoms with Gasteiger partial charge in [0.25, 0.3) is 0 Å². The number of carbonyl (C=O) groups is 1. The molecule has 4 saturated carbocycles. The van der Waals surface area contributed by atoms with Gasteiger partial charge < -0.3 is 59.8 Å². The fraction of sp³-hybridized carbons (Fsp3) is 0.927. The second kappa shape index (κ2) is 14.0. The predicted octanol–water partition coefficient (Wildman–Crippen LogP) is 2.49. The largest absolute Gasteiger partial charge is 0.481 e. The van der Waals surface area contributed by atoms with Gasteiger partial charge in [-0.1, -0.05) is 46.3 Å². The SMILES string of the molecule is C[C@@H]1O[C@@H](O[C@H]2[C@H](O[C@H]3CC[C@@]4(C)[C@@H](CC[C@]5(C)[C@@H]4CC=C4[C@@H]6C[C@](C)(CO)CC[C@]6(C(=O)O)CC[C@]45C)[C@]3(C)CO)OC[C@H](O)[C@@H]2O)[C@H](O)[C@H](O)[C@H]1O. The molecule has 19 atom stereocenters. The van der Waals surface area contributed by atoms with Gasteiger partial charge in [0.2, 0.25) is 0 Å². The molecule has 5 aliphatic carbocycles. The first-order chi connectivity index (χ1) is 25.2. The minimum atomic E-state index is -1.63. The maximum Gasteiger partial charge on any atom is 0.310 e. The van der Waals surface area contributed by atoms with E-state index in [0.717, 1.165) is 32.1 Å². The van der Waals surface area contributed by atoms with Gasteiger partial charge in [-0.3, -0.25) is 4.79 Å². The Labute approximate surface area is 319 Å². The Morgan fingerprint density at radius 1 is 0.815 bits per heavy atom. The van der Waals surface area contributed by atoms with Crippen LogP contribution in [0.5, 0.6) is 0 Å². The van der Waals surface area contributed by atoms with Crippen LogP contribution < -0.4 is 0 Å². The van der Waals surface area contributed by atoms with Gasteiger partial charge in [0.15, 0.2) is 12.6 Å². The molecule has 6 fully saturated rings. The summed E-state index contributed by atoms with van der Waals surface area (Å²) in [6.45, 7) is 12.5. The molecule has 7 rings (SSSR count). The van der Waals surface area contributed by atoms with E-state index < -0.39 is 78.2 Å². The number of hydrogen-bond donors (Lipinski definition) is 8. The van der Waals surface area contributed by atoms with Crippen molar-refractivity contribution >= 4 is 5.97 Å². The third-order valence-corrected chi connectivity index (χ3v) is 17.2. The second-order valence-electron chi connectivity index (χ2n) is 19.9. The van der Waals surface area contributed by atoms with Crippen LogP contribution in [0.25, 0.3) is 0 Å². The van der Waals surface area contributed by atoms with Gasteiger partial charge in [0.05, 0.1) is 30.8 Å². The molecule has 0 bridgehead atoms. The molecule has 7 aliphatic rings. The molecule has 13 nitrogen and oxygen atoms in total. The van der Waals surface area contributed by atoms with Crippen LogP contribution in [0.4, 0.5) is 0 Å². The average Bonchev–Trinajstić information content (AvgIpc) is 3.13. The number of ether oxygens (including phenoxy) is 4. The van der Waals surface area contributed by atoms with E-state index in [1.54, 1.807) is 0 Å². The number of carboxylic acid groups (broad SMARTS) is 1. The van der Waals surface area contributed by atoms with Gasteiger partial charge in [0.1, 0.15) is 36.6 Å². The molecule has 2 heterocycles. The lowest BCUT2D eigenvalue weighted by molar-refractivity contribution is -0.365. The zero-order valence-electron chi connectivity index (χ0n) is 32.9. The fourth-order valence-electron chi connectivity index (χ4n) is 13.4. The Morgan fingerprint density at radius 3 is 2.19 bits per heavy atom. The fourth-order valence-corrected chi connectivity index (χ4v) is 13.4. The van der Waals surface area contributed by atoms with Gasteiger partial charge in [-0.25, -0.2) is 0 Å². The van der Waals surface area contributed by atoms with Crippen molar-refractivity contribution in [1.82, 2.24) is 0 Å². The molecule has 54 heavy (non-hydrogen) atoms. The molecule has 0 aromatic heterocycles. The first-order valence-corrected chi connectivity index (χ1v) is 20.4. The molecule has 0 spiro atoms. The minimum Gasteiger partial charge on any atom is -0.481 e. The Hall–Kier alpha value is -1.23. The van der Waals surface area contributed by atoms with Crippen LogP contribution in [0.2, 0.25) is 0 Å². The van der Waals surface area contributed by atoms with E-state index in [1.165, 1.54) is 12.5 Å². The van der Waals surface area contributed by atoms with Crippen LogP contribution in [0.15, 0.2) is 11.6 Å². The van der Waals surface area contributed by atoms with Gasteiger partial charge in [-0.15, -0.1) is 0 Å². The number of allylic oxidation sites excluding steroid dienone is 2. The van der Waals surface area contributed by atoms with Gasteiger partial charge in [-0.05, 0) is 111 Å². The van der Waals surface area contributed by atoms with E-state index >= 15 is 0 Å². The smallest absolute Gasteiger partial charge is 0.310 e. The first kappa shape index (κ1) is 40.9. The Morgan fingerprint density at radius 2 is 1.52 bits per heavy atom. The third kappa shape index (κ3) is 5.84. The van der Waals surface area contributed by atoms with E-state index in [2.05, 4.69) is 40.7 Å². The Kier molecular flexibility index (Phi) is 10.6. The molecule has 8 N–H and O–H groups in total. The summed E-state index contributed by atoms with van der Waals surface area (Å²) in [6, 6.07) is 0. The van der Waals surface area contributed by atoms with Crippen molar-refractivity contribution in [2.45, 2.75) is 167 Å². The molecule has 2 aliphatic heterocycles. The van der Waals surface area contributed by atoms with Crippen molar-refractivity contribution in [3.05, 3.63) is 11.6 Å². The lowest BCUT2D eigenvalue weighted by atomic mass is 9.33. The molecule has 0 amide bonds. The van der Waals surface area contributed by atoms with Crippen LogP contribution in [0, 0.1) is 50.2 Å². The zero-order chi connectivity index (χ0) is 39.4. The van der Waals surface area contributed by atoms with E-state index in [0.29, 0.717) is 32.1 Å². The molecule has 0 unspecified atom stereocenters. The van der Waals surface area contributed by atoms with E-state index in [4.69, 9.17) is 18.9 Å².